The first kappa shape index (κ1) is 22.3. The van der Waals surface area contributed by atoms with Crippen molar-refractivity contribution >= 4 is 50.8 Å². The van der Waals surface area contributed by atoms with Crippen molar-refractivity contribution in [2.24, 2.45) is 10.2 Å². The molecule has 3 heterocycles. The molecule has 6 aromatic rings. The van der Waals surface area contributed by atoms with Gasteiger partial charge in [0.05, 0.1) is 12.0 Å². The lowest BCUT2D eigenvalue weighted by Crippen LogP contribution is -2.14. The van der Waals surface area contributed by atoms with E-state index in [1.165, 1.54) is 0 Å². The normalized spacial score (nSPS) is 14.4. The van der Waals surface area contributed by atoms with Crippen molar-refractivity contribution in [3.05, 3.63) is 119 Å². The minimum Gasteiger partial charge on any atom is -0.464 e. The number of hydrogen-bond donors (Lipinski definition) is 1. The van der Waals surface area contributed by atoms with Gasteiger partial charge in [-0.3, -0.25) is 4.79 Å². The summed E-state index contributed by atoms with van der Waals surface area (Å²) in [5, 5.41) is 13.9. The first-order chi connectivity index (χ1) is 18.6. The van der Waals surface area contributed by atoms with Gasteiger partial charge in [-0.25, -0.2) is 0 Å². The third-order valence-electron chi connectivity index (χ3n) is 6.58. The molecule has 7 rings (SSSR count). The number of carbonyl (C=O) groups is 1. The van der Waals surface area contributed by atoms with Gasteiger partial charge in [0, 0.05) is 39.1 Å². The van der Waals surface area contributed by atoms with Crippen molar-refractivity contribution in [2.45, 2.75) is 0 Å². The summed E-state index contributed by atoms with van der Waals surface area (Å²) < 4.78 is 12.1. The van der Waals surface area contributed by atoms with Crippen LogP contribution in [0.1, 0.15) is 5.56 Å². The average molecular weight is 516 g/mol. The van der Waals surface area contributed by atoms with Crippen LogP contribution in [0.5, 0.6) is 0 Å². The first-order valence-corrected chi connectivity index (χ1v) is 12.3. The van der Waals surface area contributed by atoms with Crippen molar-refractivity contribution in [3.63, 3.8) is 0 Å². The van der Waals surface area contributed by atoms with E-state index in [1.54, 1.807) is 6.26 Å². The van der Waals surface area contributed by atoms with Gasteiger partial charge in [-0.15, -0.1) is 10.2 Å². The predicted molar refractivity (Wildman–Crippen MR) is 149 cm³/mol. The van der Waals surface area contributed by atoms with Gasteiger partial charge >= 0.3 is 0 Å². The van der Waals surface area contributed by atoms with Crippen LogP contribution in [-0.2, 0) is 4.79 Å². The molecule has 1 aliphatic heterocycles. The van der Waals surface area contributed by atoms with Gasteiger partial charge in [0.15, 0.2) is 5.71 Å². The number of anilines is 1. The highest BCUT2D eigenvalue weighted by molar-refractivity contribution is 6.53. The van der Waals surface area contributed by atoms with Crippen molar-refractivity contribution in [1.82, 2.24) is 0 Å². The van der Waals surface area contributed by atoms with E-state index in [1.807, 2.05) is 91.0 Å². The van der Waals surface area contributed by atoms with E-state index >= 15 is 0 Å². The van der Waals surface area contributed by atoms with Gasteiger partial charge in [0.25, 0.3) is 5.91 Å². The Morgan fingerprint density at radius 2 is 1.42 bits per heavy atom. The Hall–Kier alpha value is -4.94. The number of furan rings is 1. The molecule has 0 spiro atoms. The van der Waals surface area contributed by atoms with Crippen LogP contribution >= 0.6 is 11.6 Å². The molecule has 182 valence electrons. The van der Waals surface area contributed by atoms with Gasteiger partial charge in [0.1, 0.15) is 11.2 Å². The molecular weight excluding hydrogens is 498 g/mol. The molecule has 0 fully saturated rings. The number of carbonyl (C=O) groups excluding carboxylic acids is 1. The molecule has 1 amide bonds. The monoisotopic (exact) mass is 515 g/mol. The second-order valence-corrected chi connectivity index (χ2v) is 9.35. The fraction of sp³-hybridized carbons (Fsp3) is 0. The SMILES string of the molecule is O=C1Nc2ccccc2/C1=N/N=c1\cc(-c2ccccc2)c2cc3c(-c4ccc(Cl)cc4)coc3cc2o1. The molecule has 6 nitrogen and oxygen atoms in total. The summed E-state index contributed by atoms with van der Waals surface area (Å²) >= 11 is 6.10. The Balaban J connectivity index is 1.44. The van der Waals surface area contributed by atoms with Crippen LogP contribution < -0.4 is 10.9 Å². The summed E-state index contributed by atoms with van der Waals surface area (Å²) in [6.45, 7) is 0. The van der Waals surface area contributed by atoms with Crippen molar-refractivity contribution < 1.29 is 13.6 Å². The number of nitrogens with one attached hydrogen (secondary N) is 1. The number of para-hydroxylation sites is 1. The molecule has 1 N–H and O–H groups in total. The summed E-state index contributed by atoms with van der Waals surface area (Å²) in [5.74, 6) is -0.300. The van der Waals surface area contributed by atoms with E-state index < -0.39 is 0 Å². The third-order valence-corrected chi connectivity index (χ3v) is 6.83. The average Bonchev–Trinajstić information content (AvgIpc) is 3.50. The molecule has 7 heteroatoms. The maximum Gasteiger partial charge on any atom is 0.276 e. The topological polar surface area (TPSA) is 80.1 Å². The number of halogens is 1. The molecule has 0 aliphatic carbocycles. The molecule has 0 unspecified atom stereocenters. The van der Waals surface area contributed by atoms with Gasteiger partial charge < -0.3 is 14.2 Å². The molecule has 2 aromatic heterocycles. The van der Waals surface area contributed by atoms with Gasteiger partial charge in [-0.2, -0.15) is 0 Å². The van der Waals surface area contributed by atoms with Crippen LogP contribution in [0.4, 0.5) is 5.69 Å². The minimum atomic E-state index is -0.300. The molecule has 38 heavy (non-hydrogen) atoms. The fourth-order valence-corrected chi connectivity index (χ4v) is 4.88. The number of nitrogens with zero attached hydrogens (tertiary/aromatic N) is 2. The summed E-state index contributed by atoms with van der Waals surface area (Å²) in [5.41, 5.74) is 7.08. The maximum absolute atomic E-state index is 12.5. The fourth-order valence-electron chi connectivity index (χ4n) is 4.75. The summed E-state index contributed by atoms with van der Waals surface area (Å²) in [7, 11) is 0. The van der Waals surface area contributed by atoms with Gasteiger partial charge in [-0.05, 0) is 41.0 Å². The van der Waals surface area contributed by atoms with Gasteiger partial charge in [-0.1, -0.05) is 72.3 Å². The summed E-state index contributed by atoms with van der Waals surface area (Å²) in [6, 6.07) is 30.8. The van der Waals surface area contributed by atoms with E-state index in [2.05, 4.69) is 21.6 Å². The number of amides is 1. The van der Waals surface area contributed by atoms with E-state index in [0.717, 1.165) is 33.0 Å². The standard InChI is InChI=1S/C31H18ClN3O3/c32-20-12-10-19(11-13-20)25-17-37-27-16-28-23(14-24(25)27)22(18-6-2-1-3-7-18)15-29(38-28)34-35-30-21-8-4-5-9-26(21)33-31(30)36/h1-17H,(H,33,35,36)/b34-29+. The molecule has 0 radical (unpaired) electrons. The molecule has 1 aliphatic rings. The smallest absolute Gasteiger partial charge is 0.276 e. The molecule has 0 saturated carbocycles. The maximum atomic E-state index is 12.5. The molecular formula is C31H18ClN3O3. The van der Waals surface area contributed by atoms with Crippen LogP contribution in [0.15, 0.2) is 122 Å². The Labute approximate surface area is 221 Å². The van der Waals surface area contributed by atoms with Crippen LogP contribution in [0.3, 0.4) is 0 Å². The second-order valence-electron chi connectivity index (χ2n) is 8.91. The highest BCUT2D eigenvalue weighted by Crippen LogP contribution is 2.36. The van der Waals surface area contributed by atoms with Crippen LogP contribution in [0.25, 0.3) is 44.2 Å². The van der Waals surface area contributed by atoms with Crippen molar-refractivity contribution in [2.75, 3.05) is 5.32 Å². The first-order valence-electron chi connectivity index (χ1n) is 12.0. The summed E-state index contributed by atoms with van der Waals surface area (Å²) in [6.07, 6.45) is 1.74. The zero-order valence-corrected chi connectivity index (χ0v) is 20.6. The number of rotatable bonds is 3. The molecule has 4 aromatic carbocycles. The van der Waals surface area contributed by atoms with E-state index in [9.17, 15) is 4.79 Å². The van der Waals surface area contributed by atoms with Crippen LogP contribution in [0, 0.1) is 0 Å². The Morgan fingerprint density at radius 1 is 0.684 bits per heavy atom. The lowest BCUT2D eigenvalue weighted by molar-refractivity contribution is -0.110. The number of hydrogen-bond acceptors (Lipinski definition) is 5. The predicted octanol–water partition coefficient (Wildman–Crippen LogP) is 7.42. The quantitative estimate of drug-likeness (QED) is 0.249. The zero-order valence-electron chi connectivity index (χ0n) is 19.8. The Bertz CT molecular complexity index is 1970. The van der Waals surface area contributed by atoms with Crippen LogP contribution in [-0.4, -0.2) is 11.6 Å². The lowest BCUT2D eigenvalue weighted by Gasteiger charge is -2.07. The number of fused-ring (bicyclic) bond motifs is 3. The minimum absolute atomic E-state index is 0.242. The highest BCUT2D eigenvalue weighted by Gasteiger charge is 2.25. The molecule has 0 saturated heterocycles. The zero-order chi connectivity index (χ0) is 25.6. The van der Waals surface area contributed by atoms with Crippen LogP contribution in [0.2, 0.25) is 5.02 Å². The third kappa shape index (κ3) is 3.79. The molecule has 0 bridgehead atoms. The Kier molecular flexibility index (Phi) is 5.20. The second kappa shape index (κ2) is 8.87. The highest BCUT2D eigenvalue weighted by atomic mass is 35.5. The largest absolute Gasteiger partial charge is 0.464 e. The van der Waals surface area contributed by atoms with E-state index in [-0.39, 0.29) is 17.2 Å². The summed E-state index contributed by atoms with van der Waals surface area (Å²) in [4.78, 5) is 12.5. The van der Waals surface area contributed by atoms with Crippen molar-refractivity contribution in [1.29, 1.82) is 0 Å². The van der Waals surface area contributed by atoms with Crippen molar-refractivity contribution in [3.8, 4) is 22.3 Å². The number of benzene rings is 4. The van der Waals surface area contributed by atoms with Gasteiger partial charge in [0.2, 0.25) is 5.55 Å². The Morgan fingerprint density at radius 3 is 2.26 bits per heavy atom. The van der Waals surface area contributed by atoms with E-state index in [0.29, 0.717) is 27.4 Å². The molecule has 0 atom stereocenters. The van der Waals surface area contributed by atoms with E-state index in [4.69, 9.17) is 20.4 Å². The lowest BCUT2D eigenvalue weighted by atomic mass is 9.98.